The predicted molar refractivity (Wildman–Crippen MR) is 338 cm³/mol. The summed E-state index contributed by atoms with van der Waals surface area (Å²) in [5, 5.41) is 0. The molecule has 0 radical (unpaired) electrons. The van der Waals surface area contributed by atoms with Crippen molar-refractivity contribution in [2.75, 3.05) is 13.2 Å². The highest BCUT2D eigenvalue weighted by atomic mass is 16.6. The van der Waals surface area contributed by atoms with E-state index in [0.717, 1.165) is 141 Å². The van der Waals surface area contributed by atoms with E-state index < -0.39 is 6.10 Å². The molecule has 0 rings (SSSR count). The molecule has 0 saturated carbocycles. The molecule has 0 aromatic carbocycles. The van der Waals surface area contributed by atoms with Crippen LogP contribution in [0, 0.1) is 0 Å². The van der Waals surface area contributed by atoms with Gasteiger partial charge in [0.05, 0.1) is 0 Å². The number of allylic oxidation sites excluding steroid dienone is 26. The normalized spacial score (nSPS) is 13.2. The zero-order chi connectivity index (χ0) is 56.4. The first-order chi connectivity index (χ1) is 38.5. The molecule has 0 aliphatic carbocycles. The summed E-state index contributed by atoms with van der Waals surface area (Å²) in [5.41, 5.74) is 0. The maximum absolute atomic E-state index is 12.9. The lowest BCUT2D eigenvalue weighted by atomic mass is 10.0. The van der Waals surface area contributed by atoms with Gasteiger partial charge in [-0.25, -0.2) is 0 Å². The Kier molecular flexibility index (Phi) is 60.4. The van der Waals surface area contributed by atoms with Crippen molar-refractivity contribution in [1.82, 2.24) is 0 Å². The molecule has 0 aliphatic rings. The number of hydrogen-bond donors (Lipinski definition) is 0. The van der Waals surface area contributed by atoms with Gasteiger partial charge in [0.25, 0.3) is 0 Å². The van der Waals surface area contributed by atoms with E-state index in [9.17, 15) is 14.4 Å². The van der Waals surface area contributed by atoms with Gasteiger partial charge in [0.15, 0.2) is 6.10 Å². The Morgan fingerprint density at radius 3 is 0.808 bits per heavy atom. The van der Waals surface area contributed by atoms with Crippen molar-refractivity contribution in [2.24, 2.45) is 0 Å². The quantitative estimate of drug-likeness (QED) is 0.0261. The van der Waals surface area contributed by atoms with Gasteiger partial charge < -0.3 is 14.2 Å². The molecule has 0 aromatic rings. The smallest absolute Gasteiger partial charge is 0.306 e. The van der Waals surface area contributed by atoms with Gasteiger partial charge in [0.2, 0.25) is 0 Å². The number of unbranched alkanes of at least 4 members (excludes halogenated alkanes) is 18. The zero-order valence-corrected chi connectivity index (χ0v) is 50.1. The number of ether oxygens (including phenoxy) is 3. The summed E-state index contributed by atoms with van der Waals surface area (Å²) < 4.78 is 16.8. The third-order valence-corrected chi connectivity index (χ3v) is 12.8. The van der Waals surface area contributed by atoms with Crippen LogP contribution in [-0.4, -0.2) is 37.2 Å². The van der Waals surface area contributed by atoms with Crippen molar-refractivity contribution >= 4 is 17.9 Å². The van der Waals surface area contributed by atoms with Crippen molar-refractivity contribution < 1.29 is 28.6 Å². The lowest BCUT2D eigenvalue weighted by Gasteiger charge is -2.18. The van der Waals surface area contributed by atoms with Gasteiger partial charge in [0.1, 0.15) is 13.2 Å². The summed E-state index contributed by atoms with van der Waals surface area (Å²) >= 11 is 0. The number of carbonyl (C=O) groups excluding carboxylic acids is 3. The number of rotatable bonds is 55. The van der Waals surface area contributed by atoms with Gasteiger partial charge in [-0.1, -0.05) is 269 Å². The van der Waals surface area contributed by atoms with E-state index in [1.807, 2.05) is 0 Å². The molecule has 0 bridgehead atoms. The average Bonchev–Trinajstić information content (AvgIpc) is 3.44. The minimum absolute atomic E-state index is 0.111. The molecule has 0 saturated heterocycles. The highest BCUT2D eigenvalue weighted by Gasteiger charge is 2.19. The molecule has 0 heterocycles. The van der Waals surface area contributed by atoms with Gasteiger partial charge in [-0.15, -0.1) is 0 Å². The van der Waals surface area contributed by atoms with E-state index in [1.54, 1.807) is 0 Å². The summed E-state index contributed by atoms with van der Waals surface area (Å²) in [5.74, 6) is -0.985. The Hall–Kier alpha value is -4.97. The van der Waals surface area contributed by atoms with Crippen LogP contribution in [0.15, 0.2) is 158 Å². The van der Waals surface area contributed by atoms with Gasteiger partial charge in [-0.3, -0.25) is 14.4 Å². The maximum atomic E-state index is 12.9. The fraction of sp³-hybridized carbons (Fsp3) is 0.597. The lowest BCUT2D eigenvalue weighted by Crippen LogP contribution is -2.30. The first kappa shape index (κ1) is 73.0. The second-order valence-electron chi connectivity index (χ2n) is 20.2. The molecule has 1 atom stereocenters. The molecule has 0 fully saturated rings. The molecule has 438 valence electrons. The Morgan fingerprint density at radius 1 is 0.269 bits per heavy atom. The number of carbonyl (C=O) groups is 3. The molecular formula is C72H114O6. The first-order valence-corrected chi connectivity index (χ1v) is 31.5. The van der Waals surface area contributed by atoms with Gasteiger partial charge >= 0.3 is 17.9 Å². The summed E-state index contributed by atoms with van der Waals surface area (Å²) in [6.07, 6.45) is 94.0. The highest BCUT2D eigenvalue weighted by Crippen LogP contribution is 2.15. The molecule has 6 nitrogen and oxygen atoms in total. The van der Waals surface area contributed by atoms with Crippen LogP contribution in [-0.2, 0) is 28.6 Å². The molecule has 0 aliphatic heterocycles. The molecule has 78 heavy (non-hydrogen) atoms. The minimum Gasteiger partial charge on any atom is -0.462 e. The SMILES string of the molecule is CC/C=C\C/C=C\C/C=C\C/C=C\C/C=C\C/C=C\C/C=C\C/C=C\C/C=C\C/C=C\CCCCC(=O)OCC(COC(=O)CCCCC/C=C\C/C=C\C/C=C\CC)OC(=O)CCCCCCCCCCCCCCCC. The van der Waals surface area contributed by atoms with Crippen LogP contribution in [0.4, 0.5) is 0 Å². The first-order valence-electron chi connectivity index (χ1n) is 31.5. The maximum Gasteiger partial charge on any atom is 0.306 e. The number of hydrogen-bond acceptors (Lipinski definition) is 6. The second kappa shape index (κ2) is 64.6. The molecule has 0 N–H and O–H groups in total. The molecule has 6 heteroatoms. The summed E-state index contributed by atoms with van der Waals surface area (Å²) in [6.45, 7) is 6.34. The monoisotopic (exact) mass is 1070 g/mol. The van der Waals surface area contributed by atoms with E-state index in [2.05, 4.69) is 179 Å². The van der Waals surface area contributed by atoms with Crippen LogP contribution in [0.2, 0.25) is 0 Å². The van der Waals surface area contributed by atoms with Crippen LogP contribution >= 0.6 is 0 Å². The predicted octanol–water partition coefficient (Wildman–Crippen LogP) is 21.7. The van der Waals surface area contributed by atoms with Gasteiger partial charge in [-0.2, -0.15) is 0 Å². The average molecular weight is 1080 g/mol. The van der Waals surface area contributed by atoms with Crippen LogP contribution in [0.25, 0.3) is 0 Å². The second-order valence-corrected chi connectivity index (χ2v) is 20.2. The molecule has 0 aromatic heterocycles. The van der Waals surface area contributed by atoms with Crippen LogP contribution in [0.3, 0.4) is 0 Å². The van der Waals surface area contributed by atoms with Crippen molar-refractivity contribution in [3.63, 3.8) is 0 Å². The lowest BCUT2D eigenvalue weighted by molar-refractivity contribution is -0.167. The summed E-state index contributed by atoms with van der Waals surface area (Å²) in [4.78, 5) is 38.2. The molecule has 0 amide bonds. The van der Waals surface area contributed by atoms with E-state index in [1.165, 1.54) is 70.6 Å². The van der Waals surface area contributed by atoms with Crippen LogP contribution in [0.5, 0.6) is 0 Å². The Bertz CT molecular complexity index is 1760. The zero-order valence-electron chi connectivity index (χ0n) is 50.1. The van der Waals surface area contributed by atoms with Crippen molar-refractivity contribution in [3.05, 3.63) is 158 Å². The highest BCUT2D eigenvalue weighted by molar-refractivity contribution is 5.71. The Balaban J connectivity index is 4.38. The third-order valence-electron chi connectivity index (χ3n) is 12.8. The van der Waals surface area contributed by atoms with E-state index in [4.69, 9.17) is 14.2 Å². The minimum atomic E-state index is -0.813. The van der Waals surface area contributed by atoms with Crippen LogP contribution in [0.1, 0.15) is 258 Å². The fourth-order valence-corrected chi connectivity index (χ4v) is 8.13. The topological polar surface area (TPSA) is 78.9 Å². The molecule has 1 unspecified atom stereocenters. The Morgan fingerprint density at radius 2 is 0.500 bits per heavy atom. The summed E-state index contributed by atoms with van der Waals surface area (Å²) in [6, 6.07) is 0. The number of esters is 3. The fourth-order valence-electron chi connectivity index (χ4n) is 8.13. The van der Waals surface area contributed by atoms with Crippen LogP contribution < -0.4 is 0 Å². The van der Waals surface area contributed by atoms with Crippen molar-refractivity contribution in [1.29, 1.82) is 0 Å². The molecule has 0 spiro atoms. The van der Waals surface area contributed by atoms with Gasteiger partial charge in [0, 0.05) is 19.3 Å². The van der Waals surface area contributed by atoms with E-state index in [0.29, 0.717) is 25.7 Å². The van der Waals surface area contributed by atoms with Crippen molar-refractivity contribution in [2.45, 2.75) is 264 Å². The standard InChI is InChI=1S/C72H114O6/c1-4-7-10-13-16-19-22-25-27-28-29-30-31-32-33-34-35-36-37-38-39-40-41-42-43-44-45-48-50-53-56-59-62-65-71(74)77-68-69(67-76-70(73)64-61-58-55-52-49-46-24-21-18-15-12-9-6-3)78-72(75)66-63-60-57-54-51-47-26-23-20-17-14-11-8-5-2/h7,9-10,12,16,18-19,21,25,27,29-30,32-33,35-36,38-39,41-42,44-46,49-50,53,69H,4-6,8,11,13-15,17,20,22-24,26,28,31,34,37,40,43,47-48,51-52,54-68H2,1-3H3/b10-7-,12-9-,19-16-,21-18-,27-25-,30-29-,33-32-,36-35-,39-38-,42-41-,45-44-,49-46-,53-50-. The van der Waals surface area contributed by atoms with E-state index in [-0.39, 0.29) is 31.1 Å². The largest absolute Gasteiger partial charge is 0.462 e. The summed E-state index contributed by atoms with van der Waals surface area (Å²) in [7, 11) is 0. The molecular weight excluding hydrogens is 961 g/mol. The van der Waals surface area contributed by atoms with E-state index >= 15 is 0 Å². The Labute approximate surface area is 480 Å². The van der Waals surface area contributed by atoms with Crippen molar-refractivity contribution in [3.8, 4) is 0 Å². The van der Waals surface area contributed by atoms with Gasteiger partial charge in [-0.05, 0) is 128 Å². The third kappa shape index (κ3) is 61.9.